The van der Waals surface area contributed by atoms with Crippen LogP contribution in [0.5, 0.6) is 0 Å². The van der Waals surface area contributed by atoms with Gasteiger partial charge in [0.1, 0.15) is 0 Å². The zero-order valence-electron chi connectivity index (χ0n) is 19.2. The van der Waals surface area contributed by atoms with Crippen LogP contribution in [0.3, 0.4) is 0 Å². The summed E-state index contributed by atoms with van der Waals surface area (Å²) in [6.45, 7) is -0.0849. The highest BCUT2D eigenvalue weighted by molar-refractivity contribution is 7.99. The number of carbonyl (C=O) groups is 2. The number of thiophene rings is 1. The van der Waals surface area contributed by atoms with Crippen molar-refractivity contribution in [1.29, 1.82) is 0 Å². The van der Waals surface area contributed by atoms with Gasteiger partial charge in [-0.3, -0.25) is 14.2 Å². The maximum atomic E-state index is 13.4. The number of nitrogens with one attached hydrogen (secondary N) is 2. The van der Waals surface area contributed by atoms with Crippen molar-refractivity contribution >= 4 is 61.6 Å². The lowest BCUT2D eigenvalue weighted by molar-refractivity contribution is -0.137. The third kappa shape index (κ3) is 5.87. The minimum Gasteiger partial charge on any atom is -0.344 e. The molecule has 0 saturated carbocycles. The normalized spacial score (nSPS) is 11.6. The quantitative estimate of drug-likeness (QED) is 0.233. The number of halogens is 3. The van der Waals surface area contributed by atoms with Gasteiger partial charge in [-0.2, -0.15) is 13.2 Å². The molecule has 0 atom stereocenters. The van der Waals surface area contributed by atoms with Crippen molar-refractivity contribution in [3.8, 4) is 5.69 Å². The lowest BCUT2D eigenvalue weighted by atomic mass is 10.2. The molecule has 0 unspecified atom stereocenters. The van der Waals surface area contributed by atoms with Gasteiger partial charge in [-0.05, 0) is 41.8 Å². The number of thiazole rings is 1. The Morgan fingerprint density at radius 3 is 2.63 bits per heavy atom. The van der Waals surface area contributed by atoms with Crippen molar-refractivity contribution < 1.29 is 22.8 Å². The van der Waals surface area contributed by atoms with E-state index in [9.17, 15) is 22.8 Å². The van der Waals surface area contributed by atoms with Crippen LogP contribution < -0.4 is 10.6 Å². The van der Waals surface area contributed by atoms with Gasteiger partial charge in [0, 0.05) is 0 Å². The largest absolute Gasteiger partial charge is 0.416 e. The number of hydrogen-bond acceptors (Lipinski definition) is 8. The standard InChI is InChI=1S/C24H17F3N6O2S3/c25-24(26,27)14-5-3-6-15(11-14)33-19(12-28-21(35)18-9-4-10-36-18)31-32-23(33)37-13-20(34)30-22-29-16-7-1-2-8-17(16)38-22/h1-11H,12-13H2,(H,28,35)(H,29,30,34). The van der Waals surface area contributed by atoms with E-state index in [1.165, 1.54) is 39.4 Å². The Labute approximate surface area is 225 Å². The molecule has 2 aromatic carbocycles. The summed E-state index contributed by atoms with van der Waals surface area (Å²) >= 11 is 3.59. The Balaban J connectivity index is 1.36. The first-order valence-electron chi connectivity index (χ1n) is 11.0. The maximum absolute atomic E-state index is 13.4. The fourth-order valence-corrected chi connectivity index (χ4v) is 5.75. The molecule has 2 amide bonds. The summed E-state index contributed by atoms with van der Waals surface area (Å²) < 4.78 is 42.5. The topological polar surface area (TPSA) is 102 Å². The van der Waals surface area contributed by atoms with E-state index >= 15 is 0 Å². The Bertz CT molecular complexity index is 1560. The predicted molar refractivity (Wildman–Crippen MR) is 141 cm³/mol. The molecule has 0 spiro atoms. The number of carbonyl (C=O) groups excluding carboxylic acids is 2. The molecule has 14 heteroatoms. The zero-order valence-corrected chi connectivity index (χ0v) is 21.7. The first kappa shape index (κ1) is 25.9. The Hall–Kier alpha value is -3.75. The molecular weight excluding hydrogens is 557 g/mol. The maximum Gasteiger partial charge on any atom is 0.416 e. The number of benzene rings is 2. The molecule has 2 N–H and O–H groups in total. The second-order valence-electron chi connectivity index (χ2n) is 7.77. The third-order valence-electron chi connectivity index (χ3n) is 5.16. The van der Waals surface area contributed by atoms with Gasteiger partial charge in [0.25, 0.3) is 5.91 Å². The van der Waals surface area contributed by atoms with Crippen LogP contribution in [0.25, 0.3) is 15.9 Å². The van der Waals surface area contributed by atoms with Gasteiger partial charge in [-0.15, -0.1) is 21.5 Å². The van der Waals surface area contributed by atoms with Gasteiger partial charge in [0.2, 0.25) is 5.91 Å². The van der Waals surface area contributed by atoms with Crippen LogP contribution in [0.15, 0.2) is 71.2 Å². The number of thioether (sulfide) groups is 1. The van der Waals surface area contributed by atoms with Crippen LogP contribution >= 0.6 is 34.4 Å². The van der Waals surface area contributed by atoms with Crippen LogP contribution in [0.1, 0.15) is 21.1 Å². The molecule has 3 aromatic heterocycles. The number of anilines is 1. The molecule has 8 nitrogen and oxygen atoms in total. The molecule has 0 aliphatic heterocycles. The summed E-state index contributed by atoms with van der Waals surface area (Å²) in [6, 6.07) is 15.5. The summed E-state index contributed by atoms with van der Waals surface area (Å²) in [6.07, 6.45) is -4.55. The number of hydrogen-bond donors (Lipinski definition) is 2. The van der Waals surface area contributed by atoms with Crippen LogP contribution in [0.2, 0.25) is 0 Å². The van der Waals surface area contributed by atoms with Gasteiger partial charge in [0.15, 0.2) is 16.1 Å². The number of fused-ring (bicyclic) bond motifs is 1. The van der Waals surface area contributed by atoms with E-state index in [4.69, 9.17) is 0 Å². The molecule has 0 bridgehead atoms. The predicted octanol–water partition coefficient (Wildman–Crippen LogP) is 5.62. The summed E-state index contributed by atoms with van der Waals surface area (Å²) in [5, 5.41) is 16.0. The highest BCUT2D eigenvalue weighted by Gasteiger charge is 2.31. The van der Waals surface area contributed by atoms with Crippen molar-refractivity contribution in [2.75, 3.05) is 11.1 Å². The fourth-order valence-electron chi connectivity index (χ4n) is 3.45. The monoisotopic (exact) mass is 574 g/mol. The van der Waals surface area contributed by atoms with Gasteiger partial charge in [-0.25, -0.2) is 4.98 Å². The SMILES string of the molecule is O=C(CSc1nnc(CNC(=O)c2cccs2)n1-c1cccc(C(F)(F)F)c1)Nc1nc2ccccc2s1. The molecular formula is C24H17F3N6O2S3. The molecule has 5 rings (SSSR count). The first-order chi connectivity index (χ1) is 18.3. The smallest absolute Gasteiger partial charge is 0.344 e. The Morgan fingerprint density at radius 2 is 1.87 bits per heavy atom. The third-order valence-corrected chi connectivity index (χ3v) is 7.91. The molecule has 0 radical (unpaired) electrons. The van der Waals surface area contributed by atoms with E-state index in [1.54, 1.807) is 17.5 Å². The molecule has 5 aromatic rings. The van der Waals surface area contributed by atoms with E-state index in [1.807, 2.05) is 24.3 Å². The fraction of sp³-hybridized carbons (Fsp3) is 0.125. The van der Waals surface area contributed by atoms with E-state index in [0.717, 1.165) is 34.1 Å². The summed E-state index contributed by atoms with van der Waals surface area (Å²) in [5.41, 5.74) is 0.0695. The summed E-state index contributed by atoms with van der Waals surface area (Å²) in [4.78, 5) is 29.9. The number of amides is 2. The van der Waals surface area contributed by atoms with Gasteiger partial charge in [-0.1, -0.05) is 47.4 Å². The number of aromatic nitrogens is 4. The Morgan fingerprint density at radius 1 is 1.03 bits per heavy atom. The molecule has 3 heterocycles. The molecule has 0 aliphatic rings. The second kappa shape index (κ2) is 10.9. The number of nitrogens with zero attached hydrogens (tertiary/aromatic N) is 4. The highest BCUT2D eigenvalue weighted by Crippen LogP contribution is 2.32. The van der Waals surface area contributed by atoms with Crippen molar-refractivity contribution in [2.24, 2.45) is 0 Å². The van der Waals surface area contributed by atoms with Crippen LogP contribution in [-0.2, 0) is 17.5 Å². The molecule has 194 valence electrons. The lowest BCUT2D eigenvalue weighted by Crippen LogP contribution is -2.24. The van der Waals surface area contributed by atoms with Crippen molar-refractivity contribution in [3.05, 3.63) is 82.3 Å². The Kier molecular flexibility index (Phi) is 7.44. The van der Waals surface area contributed by atoms with E-state index in [2.05, 4.69) is 25.8 Å². The van der Waals surface area contributed by atoms with Crippen LogP contribution in [0.4, 0.5) is 18.3 Å². The average Bonchev–Trinajstić information content (AvgIpc) is 3.65. The average molecular weight is 575 g/mol. The van der Waals surface area contributed by atoms with Crippen molar-refractivity contribution in [3.63, 3.8) is 0 Å². The molecule has 0 fully saturated rings. The van der Waals surface area contributed by atoms with Gasteiger partial charge < -0.3 is 10.6 Å². The highest BCUT2D eigenvalue weighted by atomic mass is 32.2. The van der Waals surface area contributed by atoms with E-state index < -0.39 is 11.7 Å². The minimum absolute atomic E-state index is 0.0849. The minimum atomic E-state index is -4.55. The van der Waals surface area contributed by atoms with E-state index in [0.29, 0.717) is 10.0 Å². The van der Waals surface area contributed by atoms with Crippen LogP contribution in [0, 0.1) is 0 Å². The van der Waals surface area contributed by atoms with Crippen molar-refractivity contribution in [1.82, 2.24) is 25.1 Å². The summed E-state index contributed by atoms with van der Waals surface area (Å²) in [5.74, 6) is -0.583. The lowest BCUT2D eigenvalue weighted by Gasteiger charge is -2.13. The number of rotatable bonds is 8. The number of alkyl halides is 3. The van der Waals surface area contributed by atoms with Gasteiger partial charge >= 0.3 is 6.18 Å². The second-order valence-corrected chi connectivity index (χ2v) is 10.7. The van der Waals surface area contributed by atoms with Crippen molar-refractivity contribution in [2.45, 2.75) is 17.9 Å². The van der Waals surface area contributed by atoms with Crippen LogP contribution in [-0.4, -0.2) is 37.3 Å². The van der Waals surface area contributed by atoms with Gasteiger partial charge in [0.05, 0.1) is 38.6 Å². The zero-order chi connectivity index (χ0) is 26.7. The first-order valence-corrected chi connectivity index (χ1v) is 13.7. The summed E-state index contributed by atoms with van der Waals surface area (Å²) in [7, 11) is 0. The molecule has 0 saturated heterocycles. The molecule has 0 aliphatic carbocycles. The molecule has 38 heavy (non-hydrogen) atoms. The van der Waals surface area contributed by atoms with E-state index in [-0.39, 0.29) is 40.8 Å². The number of para-hydroxylation sites is 1.